The zero-order valence-corrected chi connectivity index (χ0v) is 17.6. The van der Waals surface area contributed by atoms with Crippen molar-refractivity contribution >= 4 is 50.5 Å². The highest BCUT2D eigenvalue weighted by Crippen LogP contribution is 2.33. The van der Waals surface area contributed by atoms with Gasteiger partial charge in [-0.15, -0.1) is 0 Å². The van der Waals surface area contributed by atoms with Gasteiger partial charge in [-0.3, -0.25) is 4.79 Å². The average Bonchev–Trinajstić information content (AvgIpc) is 3.00. The summed E-state index contributed by atoms with van der Waals surface area (Å²) in [6, 6.07) is 13.0. The molecule has 1 saturated heterocycles. The highest BCUT2D eigenvalue weighted by molar-refractivity contribution is 9.10. The molecule has 2 aromatic carbocycles. The van der Waals surface area contributed by atoms with Crippen LogP contribution >= 0.6 is 27.7 Å². The van der Waals surface area contributed by atoms with Crippen LogP contribution in [0, 0.1) is 18.3 Å². The van der Waals surface area contributed by atoms with Crippen molar-refractivity contribution in [1.82, 2.24) is 5.32 Å². The number of carbonyl (C=O) groups is 1. The fraction of sp³-hybridized carbons (Fsp3) is 0.150. The Morgan fingerprint density at radius 1 is 1.29 bits per heavy atom. The molecule has 8 heteroatoms. The third kappa shape index (κ3) is 4.74. The number of thioether (sulfide) groups is 1. The molecule has 1 amide bonds. The third-order valence-electron chi connectivity index (χ3n) is 3.75. The number of nitrogens with one attached hydrogen (secondary N) is 1. The Morgan fingerprint density at radius 3 is 2.79 bits per heavy atom. The number of ether oxygens (including phenoxy) is 2. The molecule has 2 aromatic rings. The first-order chi connectivity index (χ1) is 13.5. The molecule has 0 radical (unpaired) electrons. The number of hydrogen-bond donors (Lipinski definition) is 1. The van der Waals surface area contributed by atoms with E-state index in [9.17, 15) is 4.79 Å². The SMILES string of the molecule is COc1ccc(C)cc1N=C1NC(=O)/C(=C/c2ccc(OCC#N)c(Br)c2)S1. The number of methoxy groups -OCH3 is 1. The molecule has 3 rings (SSSR count). The van der Waals surface area contributed by atoms with Gasteiger partial charge in [-0.25, -0.2) is 4.99 Å². The zero-order valence-electron chi connectivity index (χ0n) is 15.2. The van der Waals surface area contributed by atoms with Crippen LogP contribution in [0.3, 0.4) is 0 Å². The Kier molecular flexibility index (Phi) is 6.39. The summed E-state index contributed by atoms with van der Waals surface area (Å²) in [4.78, 5) is 17.4. The summed E-state index contributed by atoms with van der Waals surface area (Å²) in [5.41, 5.74) is 2.53. The van der Waals surface area contributed by atoms with E-state index in [4.69, 9.17) is 14.7 Å². The van der Waals surface area contributed by atoms with E-state index in [1.165, 1.54) is 11.8 Å². The van der Waals surface area contributed by atoms with Crippen LogP contribution < -0.4 is 14.8 Å². The molecule has 0 unspecified atom stereocenters. The van der Waals surface area contributed by atoms with E-state index in [0.29, 0.717) is 31.7 Å². The number of benzene rings is 2. The molecule has 0 spiro atoms. The standard InChI is InChI=1S/C20H16BrN3O3S/c1-12-3-5-17(26-2)15(9-12)23-20-24-19(25)18(28-20)11-13-4-6-16(14(21)10-13)27-8-7-22/h3-6,9-11H,8H2,1-2H3,(H,23,24,25)/b18-11-. The first-order valence-corrected chi connectivity index (χ1v) is 9.84. The molecular formula is C20H16BrN3O3S. The number of aryl methyl sites for hydroxylation is 1. The van der Waals surface area contributed by atoms with Crippen molar-refractivity contribution in [3.05, 3.63) is 56.9 Å². The number of carbonyl (C=O) groups excluding carboxylic acids is 1. The summed E-state index contributed by atoms with van der Waals surface area (Å²) < 4.78 is 11.3. The number of rotatable bonds is 5. The minimum Gasteiger partial charge on any atom is -0.494 e. The highest BCUT2D eigenvalue weighted by Gasteiger charge is 2.24. The molecule has 1 fully saturated rings. The van der Waals surface area contributed by atoms with Crippen LogP contribution in [-0.2, 0) is 4.79 Å². The maximum absolute atomic E-state index is 12.3. The average molecular weight is 458 g/mol. The molecule has 0 aromatic heterocycles. The van der Waals surface area contributed by atoms with Crippen molar-refractivity contribution in [3.63, 3.8) is 0 Å². The first kappa shape index (κ1) is 20.0. The number of aliphatic imine (C=N–C) groups is 1. The predicted molar refractivity (Wildman–Crippen MR) is 114 cm³/mol. The second-order valence-electron chi connectivity index (χ2n) is 5.79. The van der Waals surface area contributed by atoms with Gasteiger partial charge >= 0.3 is 0 Å². The zero-order chi connectivity index (χ0) is 20.1. The molecule has 0 saturated carbocycles. The molecule has 142 valence electrons. The summed E-state index contributed by atoms with van der Waals surface area (Å²) in [6.07, 6.45) is 1.77. The molecule has 6 nitrogen and oxygen atoms in total. The lowest BCUT2D eigenvalue weighted by Gasteiger charge is -2.05. The molecule has 0 aliphatic carbocycles. The number of nitrogens with zero attached hydrogens (tertiary/aromatic N) is 2. The van der Waals surface area contributed by atoms with Gasteiger partial charge < -0.3 is 14.8 Å². The summed E-state index contributed by atoms with van der Waals surface area (Å²) in [6.45, 7) is 1.94. The van der Waals surface area contributed by atoms with Crippen LogP contribution in [0.2, 0.25) is 0 Å². The summed E-state index contributed by atoms with van der Waals surface area (Å²) >= 11 is 4.67. The number of hydrogen-bond acceptors (Lipinski definition) is 6. The van der Waals surface area contributed by atoms with Crippen LogP contribution in [0.5, 0.6) is 11.5 Å². The number of nitriles is 1. The van der Waals surface area contributed by atoms with Crippen molar-refractivity contribution in [2.75, 3.05) is 13.7 Å². The Bertz CT molecular complexity index is 1030. The van der Waals surface area contributed by atoms with Gasteiger partial charge in [0.25, 0.3) is 5.91 Å². The third-order valence-corrected chi connectivity index (χ3v) is 5.28. The minimum atomic E-state index is -0.212. The fourth-order valence-electron chi connectivity index (χ4n) is 2.46. The van der Waals surface area contributed by atoms with E-state index in [-0.39, 0.29) is 12.5 Å². The van der Waals surface area contributed by atoms with Crippen molar-refractivity contribution < 1.29 is 14.3 Å². The molecule has 1 aliphatic rings. The smallest absolute Gasteiger partial charge is 0.264 e. The second kappa shape index (κ2) is 8.95. The van der Waals surface area contributed by atoms with Crippen molar-refractivity contribution in [3.8, 4) is 17.6 Å². The van der Waals surface area contributed by atoms with Gasteiger partial charge in [0.2, 0.25) is 0 Å². The first-order valence-electron chi connectivity index (χ1n) is 8.23. The lowest BCUT2D eigenvalue weighted by molar-refractivity contribution is -0.115. The normalized spacial score (nSPS) is 16.1. The lowest BCUT2D eigenvalue weighted by atomic mass is 10.2. The van der Waals surface area contributed by atoms with Crippen LogP contribution in [0.4, 0.5) is 5.69 Å². The predicted octanol–water partition coefficient (Wildman–Crippen LogP) is 4.56. The van der Waals surface area contributed by atoms with Gasteiger partial charge in [-0.05, 0) is 76.1 Å². The number of amidine groups is 1. The Balaban J connectivity index is 1.82. The van der Waals surface area contributed by atoms with Crippen LogP contribution in [0.1, 0.15) is 11.1 Å². The number of amides is 1. The topological polar surface area (TPSA) is 83.7 Å². The maximum atomic E-state index is 12.3. The van der Waals surface area contributed by atoms with E-state index in [0.717, 1.165) is 11.1 Å². The molecular weight excluding hydrogens is 442 g/mol. The summed E-state index contributed by atoms with van der Waals surface area (Å²) in [7, 11) is 1.59. The van der Waals surface area contributed by atoms with Crippen LogP contribution in [0.15, 0.2) is 50.8 Å². The quantitative estimate of drug-likeness (QED) is 0.665. The molecule has 28 heavy (non-hydrogen) atoms. The minimum absolute atomic E-state index is 0.0282. The Morgan fingerprint density at radius 2 is 2.07 bits per heavy atom. The van der Waals surface area contributed by atoms with E-state index < -0.39 is 0 Å². The lowest BCUT2D eigenvalue weighted by Crippen LogP contribution is -2.19. The summed E-state index contributed by atoms with van der Waals surface area (Å²) in [5, 5.41) is 11.9. The summed E-state index contributed by atoms with van der Waals surface area (Å²) in [5.74, 6) is 1.000. The van der Waals surface area contributed by atoms with E-state index >= 15 is 0 Å². The van der Waals surface area contributed by atoms with Gasteiger partial charge in [0, 0.05) is 0 Å². The van der Waals surface area contributed by atoms with Crippen LogP contribution in [-0.4, -0.2) is 24.8 Å². The fourth-order valence-corrected chi connectivity index (χ4v) is 3.81. The molecule has 1 aliphatic heterocycles. The van der Waals surface area contributed by atoms with E-state index in [2.05, 4.69) is 26.2 Å². The second-order valence-corrected chi connectivity index (χ2v) is 7.68. The van der Waals surface area contributed by atoms with Gasteiger partial charge in [0.15, 0.2) is 11.8 Å². The Labute approximate surface area is 175 Å². The molecule has 0 bridgehead atoms. The van der Waals surface area contributed by atoms with E-state index in [1.54, 1.807) is 19.3 Å². The van der Waals surface area contributed by atoms with Gasteiger partial charge in [-0.1, -0.05) is 12.1 Å². The molecule has 1 N–H and O–H groups in total. The van der Waals surface area contributed by atoms with E-state index in [1.807, 2.05) is 43.3 Å². The van der Waals surface area contributed by atoms with Crippen LogP contribution in [0.25, 0.3) is 6.08 Å². The monoisotopic (exact) mass is 457 g/mol. The van der Waals surface area contributed by atoms with Crippen molar-refractivity contribution in [2.24, 2.45) is 4.99 Å². The number of halogens is 1. The highest BCUT2D eigenvalue weighted by atomic mass is 79.9. The molecule has 1 heterocycles. The molecule has 0 atom stereocenters. The van der Waals surface area contributed by atoms with Gasteiger partial charge in [-0.2, -0.15) is 5.26 Å². The van der Waals surface area contributed by atoms with Gasteiger partial charge in [0.05, 0.1) is 16.5 Å². The maximum Gasteiger partial charge on any atom is 0.264 e. The van der Waals surface area contributed by atoms with Crippen molar-refractivity contribution in [2.45, 2.75) is 6.92 Å². The van der Waals surface area contributed by atoms with Crippen molar-refractivity contribution in [1.29, 1.82) is 5.26 Å². The Hall–Kier alpha value is -2.76. The largest absolute Gasteiger partial charge is 0.494 e. The van der Waals surface area contributed by atoms with Gasteiger partial charge in [0.1, 0.15) is 23.3 Å².